The maximum atomic E-state index is 11.4. The number of carbonyl (C=O) groups excluding carboxylic acids is 1. The lowest BCUT2D eigenvalue weighted by Gasteiger charge is -2.35. The van der Waals surface area contributed by atoms with Gasteiger partial charge in [-0.05, 0) is 24.7 Å². The smallest absolute Gasteiger partial charge is 0.308 e. The van der Waals surface area contributed by atoms with Crippen LogP contribution in [0.4, 0.5) is 0 Å². The van der Waals surface area contributed by atoms with Gasteiger partial charge in [0.2, 0.25) is 0 Å². The van der Waals surface area contributed by atoms with E-state index >= 15 is 0 Å². The number of hydrogen-bond donors (Lipinski definition) is 0. The van der Waals surface area contributed by atoms with Gasteiger partial charge >= 0.3 is 5.97 Å². The Labute approximate surface area is 86.3 Å². The van der Waals surface area contributed by atoms with Crippen LogP contribution in [0.5, 0.6) is 0 Å². The van der Waals surface area contributed by atoms with Gasteiger partial charge < -0.3 is 4.74 Å². The predicted octanol–water partition coefficient (Wildman–Crippen LogP) is 2.79. The minimum absolute atomic E-state index is 0.0380. The fourth-order valence-corrected chi connectivity index (χ4v) is 2.23. The van der Waals surface area contributed by atoms with E-state index in [-0.39, 0.29) is 18.0 Å². The van der Waals surface area contributed by atoms with Crippen molar-refractivity contribution in [2.75, 3.05) is 0 Å². The molecule has 1 rings (SSSR count). The van der Waals surface area contributed by atoms with Crippen LogP contribution in [0.3, 0.4) is 0 Å². The van der Waals surface area contributed by atoms with Crippen molar-refractivity contribution in [1.82, 2.24) is 0 Å². The summed E-state index contributed by atoms with van der Waals surface area (Å²) < 4.78 is 5.44. The third-order valence-corrected chi connectivity index (χ3v) is 3.04. The average molecular weight is 196 g/mol. The standard InChI is InChI=1S/C12H20O2/c1-5-6-8(2)11-9(3)7-10(4)12(13)14-11/h5,8-11H,1,6-7H2,2-4H3/t8-,9-,10+,11+/m0/s1. The van der Waals surface area contributed by atoms with Gasteiger partial charge in [-0.25, -0.2) is 0 Å². The first-order valence-corrected chi connectivity index (χ1v) is 5.37. The summed E-state index contributed by atoms with van der Waals surface area (Å²) in [6, 6.07) is 0. The lowest BCUT2D eigenvalue weighted by atomic mass is 9.83. The number of ether oxygens (including phenoxy) is 1. The third kappa shape index (κ3) is 2.37. The first-order chi connectivity index (χ1) is 6.56. The zero-order valence-corrected chi connectivity index (χ0v) is 9.32. The van der Waals surface area contributed by atoms with Gasteiger partial charge in [0.15, 0.2) is 0 Å². The van der Waals surface area contributed by atoms with Gasteiger partial charge in [0, 0.05) is 0 Å². The molecule has 1 saturated heterocycles. The highest BCUT2D eigenvalue weighted by Gasteiger charge is 2.35. The van der Waals surface area contributed by atoms with Crippen LogP contribution in [-0.2, 0) is 9.53 Å². The molecule has 0 aliphatic carbocycles. The number of allylic oxidation sites excluding steroid dienone is 1. The summed E-state index contributed by atoms with van der Waals surface area (Å²) >= 11 is 0. The van der Waals surface area contributed by atoms with E-state index in [1.807, 2.05) is 13.0 Å². The largest absolute Gasteiger partial charge is 0.462 e. The zero-order valence-electron chi connectivity index (χ0n) is 9.32. The van der Waals surface area contributed by atoms with Crippen molar-refractivity contribution < 1.29 is 9.53 Å². The molecule has 0 amide bonds. The topological polar surface area (TPSA) is 26.3 Å². The minimum Gasteiger partial charge on any atom is -0.462 e. The molecule has 2 heteroatoms. The average Bonchev–Trinajstić information content (AvgIpc) is 2.11. The summed E-state index contributed by atoms with van der Waals surface area (Å²) in [5, 5.41) is 0. The molecule has 0 aromatic heterocycles. The summed E-state index contributed by atoms with van der Waals surface area (Å²) in [6.07, 6.45) is 3.84. The molecule has 14 heavy (non-hydrogen) atoms. The number of esters is 1. The van der Waals surface area contributed by atoms with Crippen molar-refractivity contribution >= 4 is 5.97 Å². The highest BCUT2D eigenvalue weighted by atomic mass is 16.5. The van der Waals surface area contributed by atoms with E-state index in [9.17, 15) is 4.79 Å². The van der Waals surface area contributed by atoms with Crippen LogP contribution in [-0.4, -0.2) is 12.1 Å². The van der Waals surface area contributed by atoms with Gasteiger partial charge in [-0.3, -0.25) is 4.79 Å². The molecule has 2 nitrogen and oxygen atoms in total. The van der Waals surface area contributed by atoms with Crippen molar-refractivity contribution in [3.63, 3.8) is 0 Å². The Kier molecular flexibility index (Phi) is 3.73. The van der Waals surface area contributed by atoms with Crippen LogP contribution in [0.15, 0.2) is 12.7 Å². The molecule has 1 fully saturated rings. The summed E-state index contributed by atoms with van der Waals surface area (Å²) in [5.74, 6) is 0.887. The number of carbonyl (C=O) groups is 1. The minimum atomic E-state index is -0.0380. The van der Waals surface area contributed by atoms with E-state index in [1.54, 1.807) is 0 Å². The SMILES string of the molecule is C=CC[C@H](C)[C@H]1OC(=O)[C@H](C)C[C@@H]1C. The van der Waals surface area contributed by atoms with Crippen molar-refractivity contribution in [3.05, 3.63) is 12.7 Å². The van der Waals surface area contributed by atoms with E-state index < -0.39 is 0 Å². The lowest BCUT2D eigenvalue weighted by molar-refractivity contribution is -0.168. The van der Waals surface area contributed by atoms with Crippen molar-refractivity contribution in [3.8, 4) is 0 Å². The van der Waals surface area contributed by atoms with E-state index in [0.29, 0.717) is 11.8 Å². The molecular formula is C12H20O2. The molecule has 0 spiro atoms. The van der Waals surface area contributed by atoms with Gasteiger partial charge in [-0.2, -0.15) is 0 Å². The van der Waals surface area contributed by atoms with Crippen LogP contribution in [0.25, 0.3) is 0 Å². The van der Waals surface area contributed by atoms with Crippen molar-refractivity contribution in [2.24, 2.45) is 17.8 Å². The molecule has 80 valence electrons. The van der Waals surface area contributed by atoms with Crippen LogP contribution in [0.1, 0.15) is 33.6 Å². The molecule has 0 saturated carbocycles. The molecule has 1 heterocycles. The van der Waals surface area contributed by atoms with Gasteiger partial charge in [0.1, 0.15) is 6.10 Å². The Balaban J connectivity index is 2.60. The van der Waals surface area contributed by atoms with Crippen molar-refractivity contribution in [1.29, 1.82) is 0 Å². The van der Waals surface area contributed by atoms with E-state index in [4.69, 9.17) is 4.74 Å². The van der Waals surface area contributed by atoms with E-state index in [2.05, 4.69) is 20.4 Å². The highest BCUT2D eigenvalue weighted by Crippen LogP contribution is 2.31. The van der Waals surface area contributed by atoms with Crippen molar-refractivity contribution in [2.45, 2.75) is 39.7 Å². The van der Waals surface area contributed by atoms with Gasteiger partial charge in [0.25, 0.3) is 0 Å². The number of rotatable bonds is 3. The Bertz CT molecular complexity index is 222. The van der Waals surface area contributed by atoms with Gasteiger partial charge in [-0.1, -0.05) is 26.8 Å². The first-order valence-electron chi connectivity index (χ1n) is 5.37. The summed E-state index contributed by atoms with van der Waals surface area (Å²) in [5.41, 5.74) is 0. The van der Waals surface area contributed by atoms with E-state index in [0.717, 1.165) is 12.8 Å². The van der Waals surface area contributed by atoms with E-state index in [1.165, 1.54) is 0 Å². The monoisotopic (exact) mass is 196 g/mol. The first kappa shape index (κ1) is 11.3. The second-order valence-corrected chi connectivity index (χ2v) is 4.52. The Morgan fingerprint density at radius 1 is 1.64 bits per heavy atom. The van der Waals surface area contributed by atoms with Gasteiger partial charge in [-0.15, -0.1) is 6.58 Å². The second-order valence-electron chi connectivity index (χ2n) is 4.52. The maximum absolute atomic E-state index is 11.4. The van der Waals surface area contributed by atoms with Gasteiger partial charge in [0.05, 0.1) is 5.92 Å². The van der Waals surface area contributed by atoms with Crippen LogP contribution >= 0.6 is 0 Å². The predicted molar refractivity (Wildman–Crippen MR) is 56.8 cm³/mol. The maximum Gasteiger partial charge on any atom is 0.308 e. The number of cyclic esters (lactones) is 1. The zero-order chi connectivity index (χ0) is 10.7. The fraction of sp³-hybridized carbons (Fsp3) is 0.750. The van der Waals surface area contributed by atoms with Crippen LogP contribution in [0, 0.1) is 17.8 Å². The lowest BCUT2D eigenvalue weighted by Crippen LogP contribution is -2.39. The molecule has 0 aromatic carbocycles. The normalized spacial score (nSPS) is 34.8. The third-order valence-electron chi connectivity index (χ3n) is 3.04. The molecule has 0 unspecified atom stereocenters. The van der Waals surface area contributed by atoms with Crippen LogP contribution in [0.2, 0.25) is 0 Å². The quantitative estimate of drug-likeness (QED) is 0.512. The summed E-state index contributed by atoms with van der Waals surface area (Å²) in [6.45, 7) is 9.93. The molecular weight excluding hydrogens is 176 g/mol. The summed E-state index contributed by atoms with van der Waals surface area (Å²) in [7, 11) is 0. The molecule has 0 bridgehead atoms. The summed E-state index contributed by atoms with van der Waals surface area (Å²) in [4.78, 5) is 11.4. The molecule has 1 aliphatic heterocycles. The Morgan fingerprint density at radius 3 is 2.86 bits per heavy atom. The second kappa shape index (κ2) is 4.63. The molecule has 4 atom stereocenters. The highest BCUT2D eigenvalue weighted by molar-refractivity contribution is 5.73. The van der Waals surface area contributed by atoms with Crippen LogP contribution < -0.4 is 0 Å². The Hall–Kier alpha value is -0.790. The molecule has 0 radical (unpaired) electrons. The molecule has 0 N–H and O–H groups in total. The molecule has 1 aliphatic rings. The molecule has 0 aromatic rings. The Morgan fingerprint density at radius 2 is 2.29 bits per heavy atom. The fourth-order valence-electron chi connectivity index (χ4n) is 2.23. The number of hydrogen-bond acceptors (Lipinski definition) is 2.